The largest absolute Gasteiger partial charge is 0.474 e. The van der Waals surface area contributed by atoms with Crippen molar-refractivity contribution < 1.29 is 29.0 Å². The summed E-state index contributed by atoms with van der Waals surface area (Å²) >= 11 is 0.849. The van der Waals surface area contributed by atoms with Crippen molar-refractivity contribution in [3.05, 3.63) is 82.5 Å². The number of benzene rings is 2. The zero-order valence-electron chi connectivity index (χ0n) is 21.1. The van der Waals surface area contributed by atoms with Crippen LogP contribution in [0.1, 0.15) is 29.5 Å². The van der Waals surface area contributed by atoms with Crippen molar-refractivity contribution in [2.75, 3.05) is 6.54 Å². The number of nitrogens with one attached hydrogen (secondary N) is 1. The van der Waals surface area contributed by atoms with Gasteiger partial charge in [-0.3, -0.25) is 14.9 Å². The Morgan fingerprint density at radius 2 is 1.95 bits per heavy atom. The molecule has 2 aliphatic rings. The zero-order valence-corrected chi connectivity index (χ0v) is 21.9. The molecule has 0 saturated carbocycles. The SMILES string of the molecule is Cc1c(Oc2cccc(/C=C3\SC(=O)NC3=O)c2)ncnc1OC1CCN(C(=O)O)C(Cc2ccccc2)C1. The Hall–Kier alpha value is -4.38. The van der Waals surface area contributed by atoms with Gasteiger partial charge in [0.25, 0.3) is 11.1 Å². The summed E-state index contributed by atoms with van der Waals surface area (Å²) in [5.74, 6) is 0.759. The van der Waals surface area contributed by atoms with Crippen LogP contribution < -0.4 is 14.8 Å². The van der Waals surface area contributed by atoms with E-state index in [-0.39, 0.29) is 12.1 Å². The number of piperidine rings is 1. The molecular formula is C28H26N4O6S. The molecule has 5 rings (SSSR count). The third-order valence-corrected chi connectivity index (χ3v) is 7.32. The third kappa shape index (κ3) is 6.37. The van der Waals surface area contributed by atoms with Gasteiger partial charge in [0.05, 0.1) is 10.5 Å². The number of hydrogen-bond donors (Lipinski definition) is 2. The number of ether oxygens (including phenoxy) is 2. The Kier molecular flexibility index (Phi) is 7.78. The van der Waals surface area contributed by atoms with E-state index in [1.54, 1.807) is 37.3 Å². The molecule has 2 aliphatic heterocycles. The highest BCUT2D eigenvalue weighted by Gasteiger charge is 2.33. The van der Waals surface area contributed by atoms with Crippen LogP contribution in [0.25, 0.3) is 6.08 Å². The van der Waals surface area contributed by atoms with Gasteiger partial charge in [-0.25, -0.2) is 14.8 Å². The van der Waals surface area contributed by atoms with Crippen LogP contribution in [0.5, 0.6) is 17.5 Å². The number of carbonyl (C=O) groups excluding carboxylic acids is 2. The smallest absolute Gasteiger partial charge is 0.407 e. The summed E-state index contributed by atoms with van der Waals surface area (Å²) < 4.78 is 12.3. The molecule has 3 amide bonds. The Bertz CT molecular complexity index is 1430. The van der Waals surface area contributed by atoms with Gasteiger partial charge in [-0.1, -0.05) is 42.5 Å². The highest BCUT2D eigenvalue weighted by Crippen LogP contribution is 2.32. The van der Waals surface area contributed by atoms with E-state index in [0.717, 1.165) is 17.3 Å². The molecular weight excluding hydrogens is 520 g/mol. The summed E-state index contributed by atoms with van der Waals surface area (Å²) in [6.45, 7) is 2.17. The van der Waals surface area contributed by atoms with Crippen LogP contribution in [-0.4, -0.2) is 55.9 Å². The fraction of sp³-hybridized carbons (Fsp3) is 0.250. The number of hydrogen-bond acceptors (Lipinski definition) is 8. The van der Waals surface area contributed by atoms with E-state index in [1.807, 2.05) is 30.3 Å². The Morgan fingerprint density at radius 1 is 1.15 bits per heavy atom. The lowest BCUT2D eigenvalue weighted by atomic mass is 9.94. The van der Waals surface area contributed by atoms with Gasteiger partial charge in [0.1, 0.15) is 18.2 Å². The van der Waals surface area contributed by atoms with Crippen molar-refractivity contribution in [3.63, 3.8) is 0 Å². The Morgan fingerprint density at radius 3 is 2.69 bits per heavy atom. The summed E-state index contributed by atoms with van der Waals surface area (Å²) in [7, 11) is 0. The summed E-state index contributed by atoms with van der Waals surface area (Å²) in [6.07, 6.45) is 3.51. The molecule has 2 N–H and O–H groups in total. The average molecular weight is 547 g/mol. The summed E-state index contributed by atoms with van der Waals surface area (Å²) in [4.78, 5) is 45.5. The number of aromatic nitrogens is 2. The van der Waals surface area contributed by atoms with Crippen molar-refractivity contribution in [2.24, 2.45) is 0 Å². The molecule has 0 radical (unpaired) electrons. The molecule has 200 valence electrons. The summed E-state index contributed by atoms with van der Waals surface area (Å²) in [5.41, 5.74) is 2.37. The highest BCUT2D eigenvalue weighted by molar-refractivity contribution is 8.18. The fourth-order valence-corrected chi connectivity index (χ4v) is 5.29. The van der Waals surface area contributed by atoms with Crippen molar-refractivity contribution in [2.45, 2.75) is 38.3 Å². The van der Waals surface area contributed by atoms with Gasteiger partial charge in [0, 0.05) is 25.4 Å². The molecule has 10 nitrogen and oxygen atoms in total. The minimum atomic E-state index is -0.931. The first-order valence-corrected chi connectivity index (χ1v) is 13.2. The molecule has 39 heavy (non-hydrogen) atoms. The maximum Gasteiger partial charge on any atom is 0.407 e. The van der Waals surface area contributed by atoms with E-state index in [2.05, 4.69) is 15.3 Å². The Labute approximate surface area is 229 Å². The topological polar surface area (TPSA) is 131 Å². The molecule has 11 heteroatoms. The van der Waals surface area contributed by atoms with Crippen molar-refractivity contribution >= 4 is 35.1 Å². The van der Waals surface area contributed by atoms with Crippen molar-refractivity contribution in [1.29, 1.82) is 0 Å². The fourth-order valence-electron chi connectivity index (χ4n) is 4.60. The lowest BCUT2D eigenvalue weighted by Crippen LogP contribution is -2.49. The number of nitrogens with zero attached hydrogens (tertiary/aromatic N) is 3. The molecule has 3 heterocycles. The molecule has 2 aromatic carbocycles. The van der Waals surface area contributed by atoms with Crippen LogP contribution in [0.2, 0.25) is 0 Å². The number of imide groups is 1. The highest BCUT2D eigenvalue weighted by atomic mass is 32.2. The van der Waals surface area contributed by atoms with E-state index in [9.17, 15) is 19.5 Å². The van der Waals surface area contributed by atoms with Crippen LogP contribution in [-0.2, 0) is 11.2 Å². The minimum absolute atomic E-state index is 0.214. The predicted octanol–water partition coefficient (Wildman–Crippen LogP) is 5.03. The second kappa shape index (κ2) is 11.6. The molecule has 2 unspecified atom stereocenters. The molecule has 0 bridgehead atoms. The van der Waals surface area contributed by atoms with E-state index in [1.165, 1.54) is 11.2 Å². The van der Waals surface area contributed by atoms with Gasteiger partial charge in [0.2, 0.25) is 11.8 Å². The molecule has 0 aliphatic carbocycles. The minimum Gasteiger partial charge on any atom is -0.474 e. The Balaban J connectivity index is 1.29. The monoisotopic (exact) mass is 546 g/mol. The average Bonchev–Trinajstić information content (AvgIpc) is 3.23. The summed E-state index contributed by atoms with van der Waals surface area (Å²) in [5, 5.41) is 11.5. The third-order valence-electron chi connectivity index (χ3n) is 6.51. The first kappa shape index (κ1) is 26.2. The molecule has 2 saturated heterocycles. The van der Waals surface area contributed by atoms with Crippen LogP contribution in [0.4, 0.5) is 9.59 Å². The molecule has 2 fully saturated rings. The van der Waals surface area contributed by atoms with Crippen LogP contribution in [0.15, 0.2) is 65.8 Å². The zero-order chi connectivity index (χ0) is 27.4. The number of carboxylic acid groups (broad SMARTS) is 1. The number of rotatable bonds is 7. The lowest BCUT2D eigenvalue weighted by molar-refractivity contribution is -0.115. The van der Waals surface area contributed by atoms with Gasteiger partial charge in [-0.15, -0.1) is 0 Å². The number of amides is 3. The normalized spacial score (nSPS) is 20.1. The van der Waals surface area contributed by atoms with E-state index < -0.39 is 17.2 Å². The number of carbonyl (C=O) groups is 3. The predicted molar refractivity (Wildman–Crippen MR) is 145 cm³/mol. The molecule has 0 spiro atoms. The number of likely N-dealkylation sites (tertiary alicyclic amines) is 1. The van der Waals surface area contributed by atoms with Gasteiger partial charge in [-0.2, -0.15) is 0 Å². The summed E-state index contributed by atoms with van der Waals surface area (Å²) in [6, 6.07) is 16.7. The van der Waals surface area contributed by atoms with Crippen LogP contribution in [0, 0.1) is 6.92 Å². The van der Waals surface area contributed by atoms with Crippen LogP contribution in [0.3, 0.4) is 0 Å². The molecule has 3 aromatic rings. The van der Waals surface area contributed by atoms with Gasteiger partial charge >= 0.3 is 6.09 Å². The lowest BCUT2D eigenvalue weighted by Gasteiger charge is -2.37. The van der Waals surface area contributed by atoms with Crippen LogP contribution >= 0.6 is 11.8 Å². The number of thioether (sulfide) groups is 1. The standard InChI is InChI=1S/C28H26N4O6S/c1-17-25(37-21-9-5-8-19(13-21)14-23-24(33)31-27(34)39-23)29-16-30-26(17)38-22-10-11-32(28(35)36)20(15-22)12-18-6-3-2-4-7-18/h2-9,13-14,16,20,22H,10-12,15H2,1H3,(H,35,36)(H,31,33,34)/b23-14-. The second-order valence-corrected chi connectivity index (χ2v) is 10.2. The van der Waals surface area contributed by atoms with Gasteiger partial charge in [0.15, 0.2) is 0 Å². The molecule has 1 aromatic heterocycles. The molecule has 2 atom stereocenters. The maximum atomic E-state index is 11.9. The first-order valence-electron chi connectivity index (χ1n) is 12.4. The van der Waals surface area contributed by atoms with Crippen molar-refractivity contribution in [1.82, 2.24) is 20.2 Å². The van der Waals surface area contributed by atoms with E-state index in [0.29, 0.717) is 59.3 Å². The first-order chi connectivity index (χ1) is 18.9. The van der Waals surface area contributed by atoms with Gasteiger partial charge in [-0.05, 0) is 54.4 Å². The van der Waals surface area contributed by atoms with Gasteiger partial charge < -0.3 is 19.5 Å². The second-order valence-electron chi connectivity index (χ2n) is 9.22. The van der Waals surface area contributed by atoms with E-state index >= 15 is 0 Å². The quantitative estimate of drug-likeness (QED) is 0.392. The maximum absolute atomic E-state index is 11.9. The van der Waals surface area contributed by atoms with E-state index in [4.69, 9.17) is 9.47 Å². The van der Waals surface area contributed by atoms with Crippen molar-refractivity contribution in [3.8, 4) is 17.5 Å².